The SMILES string of the molecule is COc1ccc(Cl)cc1Nc1ncc(C(=O)NC2CCCCCC2)cn1. The number of carbonyl (C=O) groups excluding carboxylic acids is 1. The molecule has 1 aromatic heterocycles. The molecule has 7 heteroatoms. The van der Waals surface area contributed by atoms with Crippen molar-refractivity contribution in [3.63, 3.8) is 0 Å². The highest BCUT2D eigenvalue weighted by Crippen LogP contribution is 2.29. The summed E-state index contributed by atoms with van der Waals surface area (Å²) in [6, 6.07) is 5.49. The Balaban J connectivity index is 1.64. The first-order valence-electron chi connectivity index (χ1n) is 8.89. The number of halogens is 1. The van der Waals surface area contributed by atoms with Crippen molar-refractivity contribution in [3.05, 3.63) is 41.2 Å². The molecule has 2 aromatic rings. The summed E-state index contributed by atoms with van der Waals surface area (Å²) in [7, 11) is 1.58. The van der Waals surface area contributed by atoms with Crippen LogP contribution in [0.4, 0.5) is 11.6 Å². The normalized spacial score (nSPS) is 15.2. The van der Waals surface area contributed by atoms with Crippen LogP contribution in [0.5, 0.6) is 5.75 Å². The van der Waals surface area contributed by atoms with E-state index in [1.807, 2.05) is 0 Å². The Hall–Kier alpha value is -2.34. The number of nitrogens with one attached hydrogen (secondary N) is 2. The number of nitrogens with zero attached hydrogens (tertiary/aromatic N) is 2. The Morgan fingerprint density at radius 2 is 1.85 bits per heavy atom. The molecule has 3 rings (SSSR count). The predicted octanol–water partition coefficient (Wildman–Crippen LogP) is 4.33. The lowest BCUT2D eigenvalue weighted by Crippen LogP contribution is -2.34. The third-order valence-corrected chi connectivity index (χ3v) is 4.75. The highest BCUT2D eigenvalue weighted by Gasteiger charge is 2.16. The van der Waals surface area contributed by atoms with Gasteiger partial charge in [-0.2, -0.15) is 0 Å². The van der Waals surface area contributed by atoms with Gasteiger partial charge in [-0.15, -0.1) is 0 Å². The van der Waals surface area contributed by atoms with Gasteiger partial charge in [0.05, 0.1) is 18.4 Å². The van der Waals surface area contributed by atoms with Gasteiger partial charge in [0, 0.05) is 23.5 Å². The van der Waals surface area contributed by atoms with E-state index in [0.717, 1.165) is 12.8 Å². The summed E-state index contributed by atoms with van der Waals surface area (Å²) in [5.74, 6) is 0.883. The fourth-order valence-electron chi connectivity index (χ4n) is 3.10. The second kappa shape index (κ2) is 8.85. The Kier molecular flexibility index (Phi) is 6.28. The number of hydrogen-bond acceptors (Lipinski definition) is 5. The lowest BCUT2D eigenvalue weighted by Gasteiger charge is -2.16. The van der Waals surface area contributed by atoms with Crippen LogP contribution in [0.3, 0.4) is 0 Å². The lowest BCUT2D eigenvalue weighted by atomic mass is 10.1. The minimum absolute atomic E-state index is 0.121. The van der Waals surface area contributed by atoms with E-state index < -0.39 is 0 Å². The van der Waals surface area contributed by atoms with E-state index in [1.54, 1.807) is 25.3 Å². The first-order chi connectivity index (χ1) is 12.7. The maximum atomic E-state index is 12.4. The number of amides is 1. The van der Waals surface area contributed by atoms with Gasteiger partial charge in [0.1, 0.15) is 5.75 Å². The summed E-state index contributed by atoms with van der Waals surface area (Å²) < 4.78 is 5.29. The van der Waals surface area contributed by atoms with Gasteiger partial charge in [-0.05, 0) is 31.0 Å². The summed E-state index contributed by atoms with van der Waals surface area (Å²) in [5, 5.41) is 6.73. The standard InChI is InChI=1S/C19H23ClN4O2/c1-26-17-9-8-14(20)10-16(17)24-19-21-11-13(12-22-19)18(25)23-15-6-4-2-3-5-7-15/h8-12,15H,2-7H2,1H3,(H,23,25)(H,21,22,24). The van der Waals surface area contributed by atoms with Crippen LogP contribution >= 0.6 is 11.6 Å². The van der Waals surface area contributed by atoms with E-state index in [1.165, 1.54) is 38.1 Å². The molecule has 0 aliphatic heterocycles. The van der Waals surface area contributed by atoms with Crippen molar-refractivity contribution in [2.24, 2.45) is 0 Å². The number of aromatic nitrogens is 2. The van der Waals surface area contributed by atoms with Gasteiger partial charge < -0.3 is 15.4 Å². The first-order valence-corrected chi connectivity index (χ1v) is 9.27. The summed E-state index contributed by atoms with van der Waals surface area (Å²) in [6.07, 6.45) is 9.99. The van der Waals surface area contributed by atoms with Crippen molar-refractivity contribution in [1.29, 1.82) is 0 Å². The summed E-state index contributed by atoms with van der Waals surface area (Å²) in [6.45, 7) is 0. The van der Waals surface area contributed by atoms with E-state index >= 15 is 0 Å². The van der Waals surface area contributed by atoms with Gasteiger partial charge in [-0.1, -0.05) is 37.3 Å². The van der Waals surface area contributed by atoms with Gasteiger partial charge in [0.2, 0.25) is 5.95 Å². The fraction of sp³-hybridized carbons (Fsp3) is 0.421. The highest BCUT2D eigenvalue weighted by atomic mass is 35.5. The summed E-state index contributed by atoms with van der Waals surface area (Å²) in [4.78, 5) is 20.9. The molecular formula is C19H23ClN4O2. The third kappa shape index (κ3) is 4.85. The monoisotopic (exact) mass is 374 g/mol. The number of rotatable bonds is 5. The Labute approximate surface area is 158 Å². The van der Waals surface area contributed by atoms with Gasteiger partial charge >= 0.3 is 0 Å². The summed E-state index contributed by atoms with van der Waals surface area (Å²) >= 11 is 6.02. The van der Waals surface area contributed by atoms with Crippen molar-refractivity contribution in [2.75, 3.05) is 12.4 Å². The molecule has 0 spiro atoms. The van der Waals surface area contributed by atoms with E-state index in [-0.39, 0.29) is 11.9 Å². The maximum absolute atomic E-state index is 12.4. The first kappa shape index (κ1) is 18.5. The fourth-order valence-corrected chi connectivity index (χ4v) is 3.27. The van der Waals surface area contributed by atoms with Crippen molar-refractivity contribution < 1.29 is 9.53 Å². The molecule has 26 heavy (non-hydrogen) atoms. The van der Waals surface area contributed by atoms with Gasteiger partial charge in [0.15, 0.2) is 0 Å². The Bertz CT molecular complexity index is 744. The molecule has 0 radical (unpaired) electrons. The van der Waals surface area contributed by atoms with Crippen LogP contribution in [0.15, 0.2) is 30.6 Å². The smallest absolute Gasteiger partial charge is 0.254 e. The Morgan fingerprint density at radius 1 is 1.15 bits per heavy atom. The van der Waals surface area contributed by atoms with Crippen LogP contribution in [0.1, 0.15) is 48.9 Å². The van der Waals surface area contributed by atoms with E-state index in [9.17, 15) is 4.79 Å². The number of benzene rings is 1. The predicted molar refractivity (Wildman–Crippen MR) is 102 cm³/mol. The second-order valence-corrected chi connectivity index (χ2v) is 6.86. The van der Waals surface area contributed by atoms with Crippen molar-refractivity contribution in [3.8, 4) is 5.75 Å². The van der Waals surface area contributed by atoms with Crippen LogP contribution in [-0.2, 0) is 0 Å². The molecule has 1 fully saturated rings. The van der Waals surface area contributed by atoms with Gasteiger partial charge in [0.25, 0.3) is 5.91 Å². The molecule has 1 aliphatic carbocycles. The molecule has 1 heterocycles. The maximum Gasteiger partial charge on any atom is 0.254 e. The van der Waals surface area contributed by atoms with Crippen LogP contribution < -0.4 is 15.4 Å². The molecule has 1 amide bonds. The van der Waals surface area contributed by atoms with Crippen LogP contribution in [0, 0.1) is 0 Å². The minimum atomic E-state index is -0.121. The van der Waals surface area contributed by atoms with E-state index in [2.05, 4.69) is 20.6 Å². The molecule has 0 saturated heterocycles. The molecule has 2 N–H and O–H groups in total. The molecule has 0 bridgehead atoms. The number of ether oxygens (including phenoxy) is 1. The van der Waals surface area contributed by atoms with E-state index in [0.29, 0.717) is 28.0 Å². The zero-order chi connectivity index (χ0) is 18.4. The van der Waals surface area contributed by atoms with Crippen molar-refractivity contribution in [2.45, 2.75) is 44.6 Å². The molecule has 6 nitrogen and oxygen atoms in total. The van der Waals surface area contributed by atoms with E-state index in [4.69, 9.17) is 16.3 Å². The lowest BCUT2D eigenvalue weighted by molar-refractivity contribution is 0.0932. The molecule has 0 atom stereocenters. The van der Waals surface area contributed by atoms with Crippen LogP contribution in [-0.4, -0.2) is 29.0 Å². The topological polar surface area (TPSA) is 76.1 Å². The van der Waals surface area contributed by atoms with Gasteiger partial charge in [-0.25, -0.2) is 9.97 Å². The van der Waals surface area contributed by atoms with Crippen molar-refractivity contribution in [1.82, 2.24) is 15.3 Å². The third-order valence-electron chi connectivity index (χ3n) is 4.51. The number of hydrogen-bond donors (Lipinski definition) is 2. The highest BCUT2D eigenvalue weighted by molar-refractivity contribution is 6.31. The zero-order valence-corrected chi connectivity index (χ0v) is 15.6. The number of carbonyl (C=O) groups is 1. The average molecular weight is 375 g/mol. The number of methoxy groups -OCH3 is 1. The van der Waals surface area contributed by atoms with Gasteiger partial charge in [-0.3, -0.25) is 4.79 Å². The largest absolute Gasteiger partial charge is 0.495 e. The molecule has 0 unspecified atom stereocenters. The molecule has 1 saturated carbocycles. The quantitative estimate of drug-likeness (QED) is 0.761. The summed E-state index contributed by atoms with van der Waals surface area (Å²) in [5.41, 5.74) is 1.12. The molecule has 1 aromatic carbocycles. The zero-order valence-electron chi connectivity index (χ0n) is 14.8. The average Bonchev–Trinajstić information content (AvgIpc) is 2.91. The second-order valence-electron chi connectivity index (χ2n) is 6.43. The molecular weight excluding hydrogens is 352 g/mol. The van der Waals surface area contributed by atoms with Crippen molar-refractivity contribution >= 4 is 29.1 Å². The Morgan fingerprint density at radius 3 is 2.50 bits per heavy atom. The van der Waals surface area contributed by atoms with Crippen LogP contribution in [0.2, 0.25) is 5.02 Å². The molecule has 1 aliphatic rings. The molecule has 138 valence electrons. The minimum Gasteiger partial charge on any atom is -0.495 e. The number of anilines is 2. The van der Waals surface area contributed by atoms with Crippen LogP contribution in [0.25, 0.3) is 0 Å².